The Morgan fingerprint density at radius 2 is 2.06 bits per heavy atom. The predicted octanol–water partition coefficient (Wildman–Crippen LogP) is 4.63. The number of hydrogen-bond donors (Lipinski definition) is 0. The van der Waals surface area contributed by atoms with Crippen molar-refractivity contribution >= 4 is 28.4 Å². The van der Waals surface area contributed by atoms with Crippen molar-refractivity contribution < 1.29 is 9.21 Å². The van der Waals surface area contributed by atoms with Crippen molar-refractivity contribution in [3.8, 4) is 0 Å². The summed E-state index contributed by atoms with van der Waals surface area (Å²) < 4.78 is 5.68. The summed E-state index contributed by atoms with van der Waals surface area (Å²) in [5, 5.41) is 1.60. The Morgan fingerprint density at radius 3 is 2.67 bits per heavy atom. The minimum absolute atomic E-state index is 0.244. The van der Waals surface area contributed by atoms with Crippen LogP contribution in [0.1, 0.15) is 33.0 Å². The van der Waals surface area contributed by atoms with Crippen molar-refractivity contribution in [1.29, 1.82) is 0 Å². The maximum atomic E-state index is 11.9. The molecule has 0 amide bonds. The van der Waals surface area contributed by atoms with Crippen LogP contribution in [0.15, 0.2) is 28.7 Å². The van der Waals surface area contributed by atoms with E-state index < -0.39 is 0 Å². The summed E-state index contributed by atoms with van der Waals surface area (Å²) >= 11 is 6.04. The summed E-state index contributed by atoms with van der Waals surface area (Å²) in [6, 6.07) is 7.61. The minimum Gasteiger partial charge on any atom is -0.459 e. The number of para-hydroxylation sites is 1. The van der Waals surface area contributed by atoms with E-state index in [-0.39, 0.29) is 11.2 Å². The summed E-state index contributed by atoms with van der Waals surface area (Å²) in [5.74, 6) is 1.06. The lowest BCUT2D eigenvalue weighted by Crippen LogP contribution is -2.20. The zero-order valence-corrected chi connectivity index (χ0v) is 11.7. The Hall–Kier alpha value is -1.28. The monoisotopic (exact) mass is 264 g/mol. The molecule has 0 fully saturated rings. The SMILES string of the molecule is CC(C)(C)C(=O)CCc1cc2cccc(Cl)c2o1. The lowest BCUT2D eigenvalue weighted by Gasteiger charge is -2.15. The van der Waals surface area contributed by atoms with Crippen molar-refractivity contribution in [3.63, 3.8) is 0 Å². The van der Waals surface area contributed by atoms with E-state index >= 15 is 0 Å². The highest BCUT2D eigenvalue weighted by Gasteiger charge is 2.21. The second-order valence-electron chi connectivity index (χ2n) is 5.54. The van der Waals surface area contributed by atoms with Crippen LogP contribution in [0.3, 0.4) is 0 Å². The molecule has 2 aromatic rings. The van der Waals surface area contributed by atoms with Crippen LogP contribution >= 0.6 is 11.6 Å². The van der Waals surface area contributed by atoms with E-state index in [4.69, 9.17) is 16.0 Å². The van der Waals surface area contributed by atoms with Gasteiger partial charge in [0, 0.05) is 23.6 Å². The maximum Gasteiger partial charge on any atom is 0.152 e. The highest BCUT2D eigenvalue weighted by Crippen LogP contribution is 2.27. The van der Waals surface area contributed by atoms with Crippen LogP contribution in [0.25, 0.3) is 11.0 Å². The molecule has 0 aliphatic rings. The molecule has 96 valence electrons. The normalized spacial score (nSPS) is 12.0. The fourth-order valence-corrected chi connectivity index (χ4v) is 2.04. The van der Waals surface area contributed by atoms with Gasteiger partial charge in [-0.25, -0.2) is 0 Å². The molecule has 0 N–H and O–H groups in total. The van der Waals surface area contributed by atoms with E-state index in [9.17, 15) is 4.79 Å². The van der Waals surface area contributed by atoms with Crippen molar-refractivity contribution in [2.24, 2.45) is 5.41 Å². The molecule has 2 rings (SSSR count). The molecule has 0 unspecified atom stereocenters. The van der Waals surface area contributed by atoms with Crippen molar-refractivity contribution in [2.75, 3.05) is 0 Å². The van der Waals surface area contributed by atoms with Gasteiger partial charge in [-0.3, -0.25) is 4.79 Å². The maximum absolute atomic E-state index is 11.9. The van der Waals surface area contributed by atoms with Crippen molar-refractivity contribution in [3.05, 3.63) is 35.0 Å². The fourth-order valence-electron chi connectivity index (χ4n) is 1.82. The number of fused-ring (bicyclic) bond motifs is 1. The zero-order valence-electron chi connectivity index (χ0n) is 10.9. The first-order valence-electron chi connectivity index (χ1n) is 6.08. The number of hydrogen-bond acceptors (Lipinski definition) is 2. The van der Waals surface area contributed by atoms with Gasteiger partial charge < -0.3 is 4.42 Å². The van der Waals surface area contributed by atoms with Gasteiger partial charge in [0.05, 0.1) is 5.02 Å². The molecule has 18 heavy (non-hydrogen) atoms. The van der Waals surface area contributed by atoms with Gasteiger partial charge in [0.2, 0.25) is 0 Å². The zero-order chi connectivity index (χ0) is 13.3. The highest BCUT2D eigenvalue weighted by molar-refractivity contribution is 6.34. The van der Waals surface area contributed by atoms with Gasteiger partial charge in [-0.15, -0.1) is 0 Å². The van der Waals surface area contributed by atoms with E-state index in [2.05, 4.69) is 0 Å². The summed E-state index contributed by atoms with van der Waals surface area (Å²) in [6.07, 6.45) is 1.13. The average molecular weight is 265 g/mol. The third-order valence-electron chi connectivity index (χ3n) is 2.98. The Labute approximate surface area is 112 Å². The van der Waals surface area contributed by atoms with Crippen molar-refractivity contribution in [2.45, 2.75) is 33.6 Å². The number of Topliss-reactive ketones (excluding diaryl/α,β-unsaturated/α-hetero) is 1. The largest absolute Gasteiger partial charge is 0.459 e. The first kappa shape index (κ1) is 13.2. The van der Waals surface area contributed by atoms with Crippen LogP contribution in [0.2, 0.25) is 5.02 Å². The van der Waals surface area contributed by atoms with E-state index in [1.165, 1.54) is 0 Å². The third-order valence-corrected chi connectivity index (χ3v) is 3.28. The molecule has 0 saturated carbocycles. The summed E-state index contributed by atoms with van der Waals surface area (Å²) in [7, 11) is 0. The van der Waals surface area contributed by atoms with Gasteiger partial charge in [-0.1, -0.05) is 44.5 Å². The first-order valence-corrected chi connectivity index (χ1v) is 6.46. The molecule has 3 heteroatoms. The molecule has 1 heterocycles. The lowest BCUT2D eigenvalue weighted by atomic mass is 9.88. The number of ketones is 1. The summed E-state index contributed by atoms with van der Waals surface area (Å²) in [5.41, 5.74) is 0.418. The summed E-state index contributed by atoms with van der Waals surface area (Å²) in [4.78, 5) is 11.9. The molecule has 1 aromatic heterocycles. The molecule has 0 atom stereocenters. The molecular weight excluding hydrogens is 248 g/mol. The number of furan rings is 1. The highest BCUT2D eigenvalue weighted by atomic mass is 35.5. The van der Waals surface area contributed by atoms with Crippen LogP contribution in [-0.2, 0) is 11.2 Å². The Morgan fingerprint density at radius 1 is 1.33 bits per heavy atom. The Balaban J connectivity index is 2.14. The molecule has 0 aliphatic heterocycles. The Bertz CT molecular complexity index is 576. The number of benzene rings is 1. The summed E-state index contributed by atoms with van der Waals surface area (Å²) in [6.45, 7) is 5.81. The molecule has 0 saturated heterocycles. The number of carbonyl (C=O) groups is 1. The third kappa shape index (κ3) is 2.75. The minimum atomic E-state index is -0.288. The van der Waals surface area contributed by atoms with Crippen LogP contribution in [0, 0.1) is 5.41 Å². The molecule has 2 nitrogen and oxygen atoms in total. The van der Waals surface area contributed by atoms with Crippen LogP contribution in [0.4, 0.5) is 0 Å². The van der Waals surface area contributed by atoms with Gasteiger partial charge in [-0.05, 0) is 12.1 Å². The van der Waals surface area contributed by atoms with E-state index in [0.29, 0.717) is 23.4 Å². The number of rotatable bonds is 3. The molecular formula is C15H17ClO2. The van der Waals surface area contributed by atoms with E-state index in [0.717, 1.165) is 11.1 Å². The molecule has 0 radical (unpaired) electrons. The van der Waals surface area contributed by atoms with E-state index in [1.54, 1.807) is 6.07 Å². The molecule has 0 spiro atoms. The van der Waals surface area contributed by atoms with Crippen molar-refractivity contribution in [1.82, 2.24) is 0 Å². The van der Waals surface area contributed by atoms with E-state index in [1.807, 2.05) is 39.0 Å². The number of aryl methyl sites for hydroxylation is 1. The van der Waals surface area contributed by atoms with Crippen LogP contribution in [-0.4, -0.2) is 5.78 Å². The molecule has 0 bridgehead atoms. The molecule has 1 aromatic carbocycles. The average Bonchev–Trinajstić information content (AvgIpc) is 2.69. The number of halogens is 1. The standard InChI is InChI=1S/C15H17ClO2/c1-15(2,3)13(17)8-7-11-9-10-5-4-6-12(16)14(10)18-11/h4-6,9H,7-8H2,1-3H3. The Kier molecular flexibility index (Phi) is 3.49. The van der Waals surface area contributed by atoms with Gasteiger partial charge >= 0.3 is 0 Å². The smallest absolute Gasteiger partial charge is 0.152 e. The lowest BCUT2D eigenvalue weighted by molar-refractivity contribution is -0.126. The topological polar surface area (TPSA) is 30.2 Å². The van der Waals surface area contributed by atoms with Gasteiger partial charge in [-0.2, -0.15) is 0 Å². The predicted molar refractivity (Wildman–Crippen MR) is 74.0 cm³/mol. The van der Waals surface area contributed by atoms with Crippen LogP contribution < -0.4 is 0 Å². The number of carbonyl (C=O) groups excluding carboxylic acids is 1. The fraction of sp³-hybridized carbons (Fsp3) is 0.400. The second kappa shape index (κ2) is 4.77. The van der Waals surface area contributed by atoms with Gasteiger partial charge in [0.25, 0.3) is 0 Å². The molecule has 0 aliphatic carbocycles. The second-order valence-corrected chi connectivity index (χ2v) is 5.95. The van der Waals surface area contributed by atoms with Gasteiger partial charge in [0.1, 0.15) is 11.5 Å². The van der Waals surface area contributed by atoms with Crippen LogP contribution in [0.5, 0.6) is 0 Å². The first-order chi connectivity index (χ1) is 8.38. The van der Waals surface area contributed by atoms with Gasteiger partial charge in [0.15, 0.2) is 5.58 Å². The quantitative estimate of drug-likeness (QED) is 0.809.